The molecule has 5 nitrogen and oxygen atoms in total. The topological polar surface area (TPSA) is 59.8 Å². The molecule has 0 saturated heterocycles. The lowest BCUT2D eigenvalue weighted by molar-refractivity contribution is -0.119. The molecule has 1 aliphatic heterocycles. The summed E-state index contributed by atoms with van der Waals surface area (Å²) in [5, 5.41) is 0. The fourth-order valence-corrected chi connectivity index (χ4v) is 4.52. The first-order chi connectivity index (χ1) is 15.3. The van der Waals surface area contributed by atoms with Gasteiger partial charge in [-0.15, -0.1) is 11.8 Å². The van der Waals surface area contributed by atoms with E-state index in [1.54, 1.807) is 6.26 Å². The minimum Gasteiger partial charge on any atom is -0.491 e. The van der Waals surface area contributed by atoms with Gasteiger partial charge in [-0.2, -0.15) is 0 Å². The first-order valence-electron chi connectivity index (χ1n) is 10.5. The molecule has 3 aromatic rings. The second-order valence-electron chi connectivity index (χ2n) is 7.98. The average Bonchev–Trinajstić information content (AvgIpc) is 3.35. The highest BCUT2D eigenvalue weighted by Gasteiger charge is 2.40. The Labute approximate surface area is 192 Å². The van der Waals surface area contributed by atoms with Crippen molar-refractivity contribution in [3.05, 3.63) is 88.2 Å². The largest absolute Gasteiger partial charge is 0.491 e. The number of rotatable bonds is 7. The molecule has 164 valence electrons. The molecule has 0 unspecified atom stereocenters. The highest BCUT2D eigenvalue weighted by molar-refractivity contribution is 8.03. The average molecular weight is 448 g/mol. The first kappa shape index (κ1) is 22.0. The third-order valence-electron chi connectivity index (χ3n) is 5.24. The maximum atomic E-state index is 13.5. The van der Waals surface area contributed by atoms with Gasteiger partial charge in [-0.25, -0.2) is 4.90 Å². The van der Waals surface area contributed by atoms with Crippen LogP contribution in [0.1, 0.15) is 36.3 Å². The van der Waals surface area contributed by atoms with E-state index in [9.17, 15) is 9.59 Å². The van der Waals surface area contributed by atoms with Crippen LogP contribution in [0.5, 0.6) is 5.75 Å². The molecule has 0 N–H and O–H groups in total. The fraction of sp³-hybridized carbons (Fsp3) is 0.231. The second kappa shape index (κ2) is 9.09. The van der Waals surface area contributed by atoms with Crippen LogP contribution in [0.15, 0.2) is 70.2 Å². The van der Waals surface area contributed by atoms with Crippen LogP contribution < -0.4 is 9.64 Å². The molecule has 0 bridgehead atoms. The molecule has 1 aromatic heterocycles. The number of hydrogen-bond acceptors (Lipinski definition) is 5. The summed E-state index contributed by atoms with van der Waals surface area (Å²) >= 11 is 1.32. The summed E-state index contributed by atoms with van der Waals surface area (Å²) in [5.41, 5.74) is 3.80. The molecule has 0 aliphatic carbocycles. The van der Waals surface area contributed by atoms with E-state index in [0.29, 0.717) is 27.5 Å². The summed E-state index contributed by atoms with van der Waals surface area (Å²) in [6, 6.07) is 16.6. The molecule has 0 atom stereocenters. The zero-order valence-corrected chi connectivity index (χ0v) is 19.4. The monoisotopic (exact) mass is 447 g/mol. The molecule has 0 fully saturated rings. The summed E-state index contributed by atoms with van der Waals surface area (Å²) in [7, 11) is 0. The van der Waals surface area contributed by atoms with E-state index < -0.39 is 0 Å². The van der Waals surface area contributed by atoms with Crippen molar-refractivity contribution >= 4 is 34.8 Å². The third-order valence-corrected chi connectivity index (χ3v) is 6.34. The van der Waals surface area contributed by atoms with Crippen LogP contribution in [0.2, 0.25) is 0 Å². The third kappa shape index (κ3) is 4.36. The van der Waals surface area contributed by atoms with Crippen molar-refractivity contribution in [3.8, 4) is 5.75 Å². The molecule has 2 heterocycles. The molecule has 32 heavy (non-hydrogen) atoms. The Bertz CT molecular complexity index is 1180. The van der Waals surface area contributed by atoms with E-state index in [1.165, 1.54) is 16.7 Å². The minimum absolute atomic E-state index is 0.0504. The number of carbonyl (C=O) groups is 2. The number of nitrogens with zero attached hydrogens (tertiary/aromatic N) is 1. The summed E-state index contributed by atoms with van der Waals surface area (Å²) in [6.07, 6.45) is 1.65. The van der Waals surface area contributed by atoms with Crippen LogP contribution in [-0.2, 0) is 15.3 Å². The number of carbonyl (C=O) groups excluding carboxylic acids is 2. The van der Waals surface area contributed by atoms with Gasteiger partial charge in [-0.3, -0.25) is 9.59 Å². The van der Waals surface area contributed by atoms with Crippen molar-refractivity contribution in [3.63, 3.8) is 0 Å². The van der Waals surface area contributed by atoms with Crippen LogP contribution in [0.25, 0.3) is 5.57 Å². The molecule has 1 aliphatic rings. The number of anilines is 1. The van der Waals surface area contributed by atoms with E-state index in [0.717, 1.165) is 22.6 Å². The lowest BCUT2D eigenvalue weighted by Crippen LogP contribution is -2.31. The van der Waals surface area contributed by atoms with Crippen molar-refractivity contribution in [2.24, 2.45) is 0 Å². The fourth-order valence-electron chi connectivity index (χ4n) is 3.51. The van der Waals surface area contributed by atoms with Crippen molar-refractivity contribution < 1.29 is 18.7 Å². The number of thioether (sulfide) groups is 1. The number of benzene rings is 2. The highest BCUT2D eigenvalue weighted by Crippen LogP contribution is 2.40. The molecule has 4 rings (SSSR count). The molecule has 6 heteroatoms. The highest BCUT2D eigenvalue weighted by atomic mass is 32.2. The summed E-state index contributed by atoms with van der Waals surface area (Å²) in [6.45, 7) is 7.89. The lowest BCUT2D eigenvalue weighted by Gasteiger charge is -2.16. The van der Waals surface area contributed by atoms with Crippen molar-refractivity contribution in [1.29, 1.82) is 0 Å². The molecule has 0 spiro atoms. The standard InChI is InChI=1S/C26H25NO4S/c1-16(2)31-21-11-8-19(9-12-21)23-24(32-15-22-6-5-13-30-22)26(29)27(25(23)28)20-10-7-17(3)18(4)14-20/h5-14,16H,15H2,1-4H3. The van der Waals surface area contributed by atoms with E-state index in [2.05, 4.69) is 0 Å². The Morgan fingerprint density at radius 1 is 0.969 bits per heavy atom. The Hall–Kier alpha value is -3.25. The van der Waals surface area contributed by atoms with Crippen LogP contribution >= 0.6 is 11.8 Å². The normalized spacial score (nSPS) is 14.1. The van der Waals surface area contributed by atoms with E-state index in [4.69, 9.17) is 9.15 Å². The van der Waals surface area contributed by atoms with Gasteiger partial charge in [0.1, 0.15) is 11.5 Å². The van der Waals surface area contributed by atoms with E-state index >= 15 is 0 Å². The van der Waals surface area contributed by atoms with Crippen LogP contribution in [0.4, 0.5) is 5.69 Å². The van der Waals surface area contributed by atoms with Crippen molar-refractivity contribution in [2.45, 2.75) is 39.6 Å². The molecule has 2 amide bonds. The van der Waals surface area contributed by atoms with Crippen molar-refractivity contribution in [2.75, 3.05) is 4.90 Å². The summed E-state index contributed by atoms with van der Waals surface area (Å²) in [5.74, 6) is 1.29. The maximum absolute atomic E-state index is 13.5. The second-order valence-corrected chi connectivity index (χ2v) is 8.96. The number of amides is 2. The zero-order valence-electron chi connectivity index (χ0n) is 18.5. The quantitative estimate of drug-likeness (QED) is 0.422. The van der Waals surface area contributed by atoms with Gasteiger partial charge in [0.2, 0.25) is 0 Å². The van der Waals surface area contributed by atoms with Crippen LogP contribution in [0.3, 0.4) is 0 Å². The molecule has 0 saturated carbocycles. The maximum Gasteiger partial charge on any atom is 0.272 e. The molecule has 2 aromatic carbocycles. The van der Waals surface area contributed by atoms with E-state index in [-0.39, 0.29) is 17.9 Å². The van der Waals surface area contributed by atoms with E-state index in [1.807, 2.05) is 82.3 Å². The van der Waals surface area contributed by atoms with Gasteiger partial charge in [0, 0.05) is 0 Å². The number of furan rings is 1. The number of imide groups is 1. The minimum atomic E-state index is -0.322. The van der Waals surface area contributed by atoms with Gasteiger partial charge in [0.15, 0.2) is 0 Å². The molecule has 0 radical (unpaired) electrons. The number of aryl methyl sites for hydroxylation is 2. The smallest absolute Gasteiger partial charge is 0.272 e. The van der Waals surface area contributed by atoms with Gasteiger partial charge in [0.05, 0.1) is 34.3 Å². The van der Waals surface area contributed by atoms with Gasteiger partial charge >= 0.3 is 0 Å². The molecular weight excluding hydrogens is 422 g/mol. The SMILES string of the molecule is Cc1ccc(N2C(=O)C(SCc3ccco3)=C(c3ccc(OC(C)C)cc3)C2=O)cc1C. The Kier molecular flexibility index (Phi) is 6.24. The Morgan fingerprint density at radius 3 is 2.34 bits per heavy atom. The number of hydrogen-bond donors (Lipinski definition) is 0. The van der Waals surface area contributed by atoms with Crippen LogP contribution in [0, 0.1) is 13.8 Å². The lowest BCUT2D eigenvalue weighted by atomic mass is 10.1. The van der Waals surface area contributed by atoms with Gasteiger partial charge in [-0.05, 0) is 80.8 Å². The molecular formula is C26H25NO4S. The first-order valence-corrected chi connectivity index (χ1v) is 11.5. The van der Waals surface area contributed by atoms with Gasteiger partial charge in [-0.1, -0.05) is 18.2 Å². The predicted molar refractivity (Wildman–Crippen MR) is 128 cm³/mol. The zero-order chi connectivity index (χ0) is 22.8. The van der Waals surface area contributed by atoms with Crippen molar-refractivity contribution in [1.82, 2.24) is 0 Å². The number of ether oxygens (including phenoxy) is 1. The Balaban J connectivity index is 1.72. The summed E-state index contributed by atoms with van der Waals surface area (Å²) in [4.78, 5) is 28.7. The van der Waals surface area contributed by atoms with Gasteiger partial charge < -0.3 is 9.15 Å². The Morgan fingerprint density at radius 2 is 1.72 bits per heavy atom. The van der Waals surface area contributed by atoms with Gasteiger partial charge in [0.25, 0.3) is 11.8 Å². The predicted octanol–water partition coefficient (Wildman–Crippen LogP) is 5.90. The van der Waals surface area contributed by atoms with Crippen LogP contribution in [-0.4, -0.2) is 17.9 Å². The summed E-state index contributed by atoms with van der Waals surface area (Å²) < 4.78 is 11.1.